The molecule has 5 nitrogen and oxygen atoms in total. The molecule has 18 heavy (non-hydrogen) atoms. The third-order valence-electron chi connectivity index (χ3n) is 3.17. The first kappa shape index (κ1) is 13.1. The lowest BCUT2D eigenvalue weighted by Crippen LogP contribution is -2.39. The predicted molar refractivity (Wildman–Crippen MR) is 67.0 cm³/mol. The monoisotopic (exact) mass is 271 g/mol. The maximum Gasteiger partial charge on any atom is 0.289 e. The van der Waals surface area contributed by atoms with Crippen LogP contribution in [0.15, 0.2) is 22.8 Å². The fourth-order valence-electron chi connectivity index (χ4n) is 2.29. The van der Waals surface area contributed by atoms with Crippen molar-refractivity contribution in [2.24, 2.45) is 5.92 Å². The summed E-state index contributed by atoms with van der Waals surface area (Å²) in [4.78, 5) is 13.7. The molecular weight excluding hydrogens is 254 g/mol. The second-order valence-corrected chi connectivity index (χ2v) is 6.99. The molecule has 0 atom stereocenters. The topological polar surface area (TPSA) is 67.6 Å². The first-order chi connectivity index (χ1) is 8.46. The summed E-state index contributed by atoms with van der Waals surface area (Å²) in [5.41, 5.74) is 0. The van der Waals surface area contributed by atoms with E-state index in [-0.39, 0.29) is 17.6 Å². The van der Waals surface area contributed by atoms with Crippen LogP contribution in [0.25, 0.3) is 0 Å². The third-order valence-corrected chi connectivity index (χ3v) is 4.25. The average molecular weight is 271 g/mol. The zero-order valence-electron chi connectivity index (χ0n) is 10.3. The van der Waals surface area contributed by atoms with Crippen molar-refractivity contribution in [3.63, 3.8) is 0 Å². The van der Waals surface area contributed by atoms with Crippen molar-refractivity contribution >= 4 is 15.7 Å². The molecule has 1 aliphatic rings. The fraction of sp³-hybridized carbons (Fsp3) is 0.583. The standard InChI is InChI=1S/C12H17NO4S/c1-18(15,16)9-10-4-6-13(7-5-10)12(14)11-3-2-8-17-11/h2-3,8,10H,4-7,9H2,1H3. The van der Waals surface area contributed by atoms with E-state index >= 15 is 0 Å². The fourth-order valence-corrected chi connectivity index (χ4v) is 3.48. The van der Waals surface area contributed by atoms with Crippen LogP contribution in [0.3, 0.4) is 0 Å². The predicted octanol–water partition coefficient (Wildman–Crippen LogP) is 1.18. The molecule has 0 unspecified atom stereocenters. The van der Waals surface area contributed by atoms with Gasteiger partial charge in [0.1, 0.15) is 9.84 Å². The maximum atomic E-state index is 12.0. The van der Waals surface area contributed by atoms with Crippen LogP contribution in [-0.2, 0) is 9.84 Å². The lowest BCUT2D eigenvalue weighted by atomic mass is 9.99. The summed E-state index contributed by atoms with van der Waals surface area (Å²) in [7, 11) is -2.93. The van der Waals surface area contributed by atoms with Crippen LogP contribution in [-0.4, -0.2) is 44.3 Å². The Bertz CT molecular complexity index is 498. The van der Waals surface area contributed by atoms with Gasteiger partial charge in [-0.15, -0.1) is 0 Å². The van der Waals surface area contributed by atoms with Gasteiger partial charge in [0, 0.05) is 19.3 Å². The summed E-state index contributed by atoms with van der Waals surface area (Å²) in [6.07, 6.45) is 4.20. The smallest absolute Gasteiger partial charge is 0.289 e. The van der Waals surface area contributed by atoms with E-state index in [1.54, 1.807) is 17.0 Å². The Morgan fingerprint density at radius 2 is 2.11 bits per heavy atom. The number of carbonyl (C=O) groups is 1. The van der Waals surface area contributed by atoms with Gasteiger partial charge in [0.25, 0.3) is 5.91 Å². The van der Waals surface area contributed by atoms with Gasteiger partial charge in [-0.05, 0) is 30.9 Å². The van der Waals surface area contributed by atoms with E-state index in [9.17, 15) is 13.2 Å². The molecule has 6 heteroatoms. The molecule has 1 aromatic rings. The molecule has 2 heterocycles. The Morgan fingerprint density at radius 1 is 1.44 bits per heavy atom. The highest BCUT2D eigenvalue weighted by molar-refractivity contribution is 7.90. The van der Waals surface area contributed by atoms with Gasteiger partial charge in [-0.3, -0.25) is 4.79 Å². The van der Waals surface area contributed by atoms with Gasteiger partial charge in [-0.2, -0.15) is 0 Å². The third kappa shape index (κ3) is 3.35. The Labute approximate surface area is 107 Å². The number of hydrogen-bond acceptors (Lipinski definition) is 4. The molecule has 2 rings (SSSR count). The molecule has 0 radical (unpaired) electrons. The quantitative estimate of drug-likeness (QED) is 0.827. The van der Waals surface area contributed by atoms with Crippen molar-refractivity contribution in [3.8, 4) is 0 Å². The van der Waals surface area contributed by atoms with E-state index in [4.69, 9.17) is 4.42 Å². The molecule has 0 aliphatic carbocycles. The molecule has 1 saturated heterocycles. The molecule has 1 aromatic heterocycles. The second kappa shape index (κ2) is 5.14. The minimum Gasteiger partial charge on any atom is -0.459 e. The molecule has 1 aliphatic heterocycles. The number of likely N-dealkylation sites (tertiary alicyclic amines) is 1. The van der Waals surface area contributed by atoms with Crippen LogP contribution in [0.1, 0.15) is 23.4 Å². The largest absolute Gasteiger partial charge is 0.459 e. The zero-order valence-corrected chi connectivity index (χ0v) is 11.1. The summed E-state index contributed by atoms with van der Waals surface area (Å²) in [6, 6.07) is 3.33. The van der Waals surface area contributed by atoms with Crippen LogP contribution in [0.4, 0.5) is 0 Å². The van der Waals surface area contributed by atoms with Gasteiger partial charge in [0.15, 0.2) is 5.76 Å². The molecule has 0 saturated carbocycles. The minimum atomic E-state index is -2.93. The molecule has 0 N–H and O–H groups in total. The van der Waals surface area contributed by atoms with Crippen molar-refractivity contribution in [1.29, 1.82) is 0 Å². The summed E-state index contributed by atoms with van der Waals surface area (Å²) < 4.78 is 27.5. The number of rotatable bonds is 3. The second-order valence-electron chi connectivity index (χ2n) is 4.81. The molecular formula is C12H17NO4S. The van der Waals surface area contributed by atoms with E-state index in [1.807, 2.05) is 0 Å². The van der Waals surface area contributed by atoms with Crippen molar-refractivity contribution in [2.45, 2.75) is 12.8 Å². The number of carbonyl (C=O) groups excluding carboxylic acids is 1. The van der Waals surface area contributed by atoms with E-state index in [2.05, 4.69) is 0 Å². The van der Waals surface area contributed by atoms with Crippen molar-refractivity contribution in [2.75, 3.05) is 25.1 Å². The first-order valence-electron chi connectivity index (χ1n) is 5.96. The number of furan rings is 1. The normalized spacial score (nSPS) is 17.9. The first-order valence-corrected chi connectivity index (χ1v) is 8.02. The summed E-state index contributed by atoms with van der Waals surface area (Å²) in [6.45, 7) is 1.19. The van der Waals surface area contributed by atoms with Crippen molar-refractivity contribution in [3.05, 3.63) is 24.2 Å². The van der Waals surface area contributed by atoms with Gasteiger partial charge in [0.2, 0.25) is 0 Å². The molecule has 100 valence electrons. The molecule has 0 aromatic carbocycles. The summed E-state index contributed by atoms with van der Waals surface area (Å²) >= 11 is 0. The molecule has 0 bridgehead atoms. The zero-order chi connectivity index (χ0) is 13.2. The Balaban J connectivity index is 1.89. The SMILES string of the molecule is CS(=O)(=O)CC1CCN(C(=O)c2ccco2)CC1. The number of nitrogens with zero attached hydrogens (tertiary/aromatic N) is 1. The van der Waals surface area contributed by atoms with Gasteiger partial charge >= 0.3 is 0 Å². The number of piperidine rings is 1. The van der Waals surface area contributed by atoms with Crippen LogP contribution in [0.2, 0.25) is 0 Å². The van der Waals surface area contributed by atoms with Crippen LogP contribution in [0.5, 0.6) is 0 Å². The number of sulfone groups is 1. The van der Waals surface area contributed by atoms with Crippen molar-refractivity contribution < 1.29 is 17.6 Å². The minimum absolute atomic E-state index is 0.113. The molecule has 1 fully saturated rings. The van der Waals surface area contributed by atoms with Gasteiger partial charge in [0.05, 0.1) is 12.0 Å². The van der Waals surface area contributed by atoms with E-state index in [1.165, 1.54) is 12.5 Å². The lowest BCUT2D eigenvalue weighted by molar-refractivity contribution is 0.0666. The summed E-state index contributed by atoms with van der Waals surface area (Å²) in [5.74, 6) is 0.616. The van der Waals surface area contributed by atoms with Crippen LogP contribution >= 0.6 is 0 Å². The van der Waals surface area contributed by atoms with E-state index < -0.39 is 9.84 Å². The van der Waals surface area contributed by atoms with Crippen LogP contribution < -0.4 is 0 Å². The highest BCUT2D eigenvalue weighted by Crippen LogP contribution is 2.20. The van der Waals surface area contributed by atoms with Crippen molar-refractivity contribution in [1.82, 2.24) is 4.90 Å². The molecule has 1 amide bonds. The van der Waals surface area contributed by atoms with E-state index in [0.29, 0.717) is 18.8 Å². The lowest BCUT2D eigenvalue weighted by Gasteiger charge is -2.31. The molecule has 0 spiro atoms. The number of hydrogen-bond donors (Lipinski definition) is 0. The highest BCUT2D eigenvalue weighted by atomic mass is 32.2. The highest BCUT2D eigenvalue weighted by Gasteiger charge is 2.26. The van der Waals surface area contributed by atoms with Gasteiger partial charge in [-0.25, -0.2) is 8.42 Å². The van der Waals surface area contributed by atoms with Gasteiger partial charge in [-0.1, -0.05) is 0 Å². The van der Waals surface area contributed by atoms with Gasteiger partial charge < -0.3 is 9.32 Å². The van der Waals surface area contributed by atoms with E-state index in [0.717, 1.165) is 12.8 Å². The number of amides is 1. The Hall–Kier alpha value is -1.30. The maximum absolute atomic E-state index is 12.0. The Kier molecular flexibility index (Phi) is 3.75. The Morgan fingerprint density at radius 3 is 2.61 bits per heavy atom. The summed E-state index contributed by atoms with van der Waals surface area (Å²) in [5, 5.41) is 0. The van der Waals surface area contributed by atoms with Crippen LogP contribution in [0, 0.1) is 5.92 Å². The average Bonchev–Trinajstić information content (AvgIpc) is 2.80.